The third-order valence-electron chi connectivity index (χ3n) is 3.30. The molecule has 0 fully saturated rings. The number of rotatable bonds is 4. The number of anilines is 1. The van der Waals surface area contributed by atoms with E-state index >= 15 is 0 Å². The molecule has 0 aliphatic rings. The Balaban J connectivity index is 2.22. The van der Waals surface area contributed by atoms with Gasteiger partial charge in [-0.05, 0) is 25.5 Å². The fourth-order valence-electron chi connectivity index (χ4n) is 1.79. The van der Waals surface area contributed by atoms with Crippen molar-refractivity contribution in [3.8, 4) is 5.75 Å². The molecule has 0 aliphatic heterocycles. The molecule has 116 valence electrons. The number of carbonyl (C=O) groups is 1. The number of hydrogen-bond acceptors (Lipinski definition) is 4. The number of amides is 1. The lowest BCUT2D eigenvalue weighted by molar-refractivity contribution is -0.120. The molecule has 5 nitrogen and oxygen atoms in total. The minimum absolute atomic E-state index is 0.228. The number of halogens is 2. The summed E-state index contributed by atoms with van der Waals surface area (Å²) in [6.07, 6.45) is 3.00. The summed E-state index contributed by atoms with van der Waals surface area (Å²) in [4.78, 5) is 20.6. The van der Waals surface area contributed by atoms with Gasteiger partial charge < -0.3 is 10.1 Å². The highest BCUT2D eigenvalue weighted by atomic mass is 35.5. The minimum Gasteiger partial charge on any atom is -0.495 e. The molecule has 0 unspecified atom stereocenters. The number of hydrogen-bond donors (Lipinski definition) is 1. The van der Waals surface area contributed by atoms with E-state index in [1.807, 2.05) is 0 Å². The molecule has 0 spiro atoms. The summed E-state index contributed by atoms with van der Waals surface area (Å²) < 4.78 is 5.10. The van der Waals surface area contributed by atoms with E-state index < -0.39 is 5.41 Å². The van der Waals surface area contributed by atoms with E-state index in [9.17, 15) is 4.79 Å². The van der Waals surface area contributed by atoms with Crippen LogP contribution in [0, 0.1) is 0 Å². The first kappa shape index (κ1) is 16.5. The number of carbonyl (C=O) groups excluding carboxylic acids is 1. The topological polar surface area (TPSA) is 64.1 Å². The van der Waals surface area contributed by atoms with Gasteiger partial charge in [0.25, 0.3) is 0 Å². The van der Waals surface area contributed by atoms with Crippen LogP contribution in [0.1, 0.15) is 19.4 Å². The number of ether oxygens (including phenoxy) is 1. The average molecular weight is 340 g/mol. The first-order chi connectivity index (χ1) is 10.3. The van der Waals surface area contributed by atoms with Crippen LogP contribution in [0.3, 0.4) is 0 Å². The molecule has 0 atom stereocenters. The van der Waals surface area contributed by atoms with E-state index in [1.165, 1.54) is 13.3 Å². The molecule has 2 heterocycles. The zero-order valence-electron chi connectivity index (χ0n) is 12.4. The molecule has 7 heteroatoms. The highest BCUT2D eigenvalue weighted by Gasteiger charge is 2.30. The van der Waals surface area contributed by atoms with Crippen molar-refractivity contribution in [2.45, 2.75) is 19.3 Å². The van der Waals surface area contributed by atoms with Crippen molar-refractivity contribution in [3.63, 3.8) is 0 Å². The van der Waals surface area contributed by atoms with Gasteiger partial charge in [0, 0.05) is 12.3 Å². The number of nitrogens with zero attached hydrogens (tertiary/aromatic N) is 2. The van der Waals surface area contributed by atoms with Gasteiger partial charge in [0.15, 0.2) is 0 Å². The van der Waals surface area contributed by atoms with Crippen molar-refractivity contribution in [2.75, 3.05) is 12.4 Å². The second-order valence-corrected chi connectivity index (χ2v) is 5.95. The van der Waals surface area contributed by atoms with Crippen LogP contribution in [-0.2, 0) is 10.2 Å². The lowest BCUT2D eigenvalue weighted by atomic mass is 9.85. The Bertz CT molecular complexity index is 688. The van der Waals surface area contributed by atoms with Crippen molar-refractivity contribution < 1.29 is 9.53 Å². The second kappa shape index (κ2) is 6.50. The first-order valence-corrected chi connectivity index (χ1v) is 7.23. The molecule has 0 bridgehead atoms. The molecular formula is C15H15Cl2N3O2. The van der Waals surface area contributed by atoms with Crippen molar-refractivity contribution in [2.24, 2.45) is 0 Å². The molecule has 2 rings (SSSR count). The van der Waals surface area contributed by atoms with Crippen LogP contribution >= 0.6 is 23.2 Å². The first-order valence-electron chi connectivity index (χ1n) is 6.47. The summed E-state index contributed by atoms with van der Waals surface area (Å²) in [5.74, 6) is 0.577. The van der Waals surface area contributed by atoms with Crippen molar-refractivity contribution in [3.05, 3.63) is 46.3 Å². The zero-order valence-corrected chi connectivity index (χ0v) is 13.9. The summed E-state index contributed by atoms with van der Waals surface area (Å²) in [7, 11) is 1.50. The minimum atomic E-state index is -0.799. The molecule has 1 N–H and O–H groups in total. The summed E-state index contributed by atoms with van der Waals surface area (Å²) in [6.45, 7) is 3.58. The van der Waals surface area contributed by atoms with Gasteiger partial charge in [0.2, 0.25) is 5.91 Å². The maximum atomic E-state index is 12.5. The van der Waals surface area contributed by atoms with Gasteiger partial charge in [0.05, 0.1) is 18.7 Å². The van der Waals surface area contributed by atoms with E-state index in [1.54, 1.807) is 38.2 Å². The fourth-order valence-corrected chi connectivity index (χ4v) is 2.09. The maximum absolute atomic E-state index is 12.5. The molecule has 1 amide bonds. The quantitative estimate of drug-likeness (QED) is 0.862. The van der Waals surface area contributed by atoms with Gasteiger partial charge >= 0.3 is 0 Å². The van der Waals surface area contributed by atoms with Crippen LogP contribution in [-0.4, -0.2) is 23.0 Å². The molecular weight excluding hydrogens is 325 g/mol. The predicted molar refractivity (Wildman–Crippen MR) is 86.7 cm³/mol. The summed E-state index contributed by atoms with van der Waals surface area (Å²) in [5.41, 5.74) is -0.0538. The van der Waals surface area contributed by atoms with Crippen LogP contribution in [0.5, 0.6) is 5.75 Å². The highest BCUT2D eigenvalue weighted by Crippen LogP contribution is 2.28. The predicted octanol–water partition coefficient (Wildman–Crippen LogP) is 3.71. The Morgan fingerprint density at radius 2 is 1.95 bits per heavy atom. The van der Waals surface area contributed by atoms with Crippen molar-refractivity contribution in [1.29, 1.82) is 0 Å². The Labute approximate surface area is 138 Å². The van der Waals surface area contributed by atoms with Gasteiger partial charge in [-0.25, -0.2) is 9.97 Å². The number of methoxy groups -OCH3 is 1. The van der Waals surface area contributed by atoms with Gasteiger partial charge in [-0.1, -0.05) is 29.3 Å². The van der Waals surface area contributed by atoms with Crippen molar-refractivity contribution in [1.82, 2.24) is 9.97 Å². The molecule has 0 aliphatic carbocycles. The molecule has 0 radical (unpaired) electrons. The summed E-state index contributed by atoms with van der Waals surface area (Å²) in [6, 6.07) is 4.98. The lowest BCUT2D eigenvalue weighted by Gasteiger charge is -2.23. The normalized spacial score (nSPS) is 11.1. The summed E-state index contributed by atoms with van der Waals surface area (Å²) >= 11 is 11.7. The Morgan fingerprint density at radius 1 is 1.23 bits per heavy atom. The monoisotopic (exact) mass is 339 g/mol. The highest BCUT2D eigenvalue weighted by molar-refractivity contribution is 6.32. The third kappa shape index (κ3) is 3.48. The zero-order chi connectivity index (χ0) is 16.3. The van der Waals surface area contributed by atoms with Crippen LogP contribution < -0.4 is 10.1 Å². The fraction of sp³-hybridized carbons (Fsp3) is 0.267. The Hall–Kier alpha value is -1.85. The lowest BCUT2D eigenvalue weighted by Crippen LogP contribution is -2.35. The number of nitrogens with one attached hydrogen (secondary N) is 1. The van der Waals surface area contributed by atoms with Gasteiger partial charge in [-0.15, -0.1) is 0 Å². The van der Waals surface area contributed by atoms with Crippen LogP contribution in [0.25, 0.3) is 0 Å². The Morgan fingerprint density at radius 3 is 2.55 bits per heavy atom. The molecule has 0 saturated heterocycles. The molecule has 0 saturated carbocycles. The maximum Gasteiger partial charge on any atom is 0.235 e. The SMILES string of the molecule is COc1cc(NC(=O)C(C)(C)c2ccc(Cl)nc2)ncc1Cl. The molecule has 2 aromatic rings. The van der Waals surface area contributed by atoms with Crippen molar-refractivity contribution >= 4 is 34.9 Å². The second-order valence-electron chi connectivity index (χ2n) is 5.15. The smallest absolute Gasteiger partial charge is 0.235 e. The third-order valence-corrected chi connectivity index (χ3v) is 3.81. The number of aromatic nitrogens is 2. The van der Waals surface area contributed by atoms with E-state index in [2.05, 4.69) is 15.3 Å². The van der Waals surface area contributed by atoms with Gasteiger partial charge in [-0.3, -0.25) is 4.79 Å². The Kier molecular flexibility index (Phi) is 4.88. The average Bonchev–Trinajstić information content (AvgIpc) is 2.49. The van der Waals surface area contributed by atoms with E-state index in [-0.39, 0.29) is 5.91 Å². The molecule has 0 aromatic carbocycles. The van der Waals surface area contributed by atoms with Crippen LogP contribution in [0.4, 0.5) is 5.82 Å². The van der Waals surface area contributed by atoms with Crippen LogP contribution in [0.2, 0.25) is 10.2 Å². The van der Waals surface area contributed by atoms with Gasteiger partial charge in [-0.2, -0.15) is 0 Å². The van der Waals surface area contributed by atoms with Gasteiger partial charge in [0.1, 0.15) is 21.7 Å². The van der Waals surface area contributed by atoms with E-state index in [0.29, 0.717) is 21.7 Å². The standard InChI is InChI=1S/C15H15Cl2N3O2/c1-15(2,9-4-5-12(17)18-7-9)14(21)20-13-6-11(22-3)10(16)8-19-13/h4-8H,1-3H3,(H,19,20,21). The van der Waals surface area contributed by atoms with Crippen LogP contribution in [0.15, 0.2) is 30.6 Å². The number of pyridine rings is 2. The molecule has 22 heavy (non-hydrogen) atoms. The largest absolute Gasteiger partial charge is 0.495 e. The van der Waals surface area contributed by atoms with E-state index in [4.69, 9.17) is 27.9 Å². The molecule has 2 aromatic heterocycles. The van der Waals surface area contributed by atoms with E-state index in [0.717, 1.165) is 5.56 Å². The summed E-state index contributed by atoms with van der Waals surface area (Å²) in [5, 5.41) is 3.50.